The first-order valence-electron chi connectivity index (χ1n) is 10.2. The normalized spacial score (nSPS) is 15.4. The Labute approximate surface area is 193 Å². The summed E-state index contributed by atoms with van der Waals surface area (Å²) in [6.45, 7) is 1.71. The maximum absolute atomic E-state index is 12.7. The third-order valence-corrected chi connectivity index (χ3v) is 5.65. The topological polar surface area (TPSA) is 117 Å². The van der Waals surface area contributed by atoms with E-state index in [0.29, 0.717) is 10.8 Å². The highest BCUT2D eigenvalue weighted by molar-refractivity contribution is 6.30. The maximum Gasteiger partial charge on any atom is 0.335 e. The lowest BCUT2D eigenvalue weighted by atomic mass is 9.99. The monoisotopic (exact) mass is 468 g/mol. The van der Waals surface area contributed by atoms with Gasteiger partial charge in [-0.2, -0.15) is 5.10 Å². The van der Waals surface area contributed by atoms with Crippen LogP contribution in [0, 0.1) is 0 Å². The van der Waals surface area contributed by atoms with Gasteiger partial charge < -0.3 is 9.84 Å². The number of hydrazone groups is 1. The molecule has 0 radical (unpaired) electrons. The van der Waals surface area contributed by atoms with Gasteiger partial charge in [0.1, 0.15) is 11.3 Å². The van der Waals surface area contributed by atoms with Crippen LogP contribution in [0.4, 0.5) is 0 Å². The third kappa shape index (κ3) is 4.14. The number of aromatic hydroxyl groups is 1. The number of hydrogen-bond acceptors (Lipinski definition) is 6. The number of hydrogen-bond donors (Lipinski definition) is 2. The van der Waals surface area contributed by atoms with Crippen molar-refractivity contribution in [3.63, 3.8) is 0 Å². The Balaban J connectivity index is 1.82. The highest BCUT2D eigenvalue weighted by Crippen LogP contribution is 2.35. The molecule has 4 rings (SSSR count). The number of nitrogens with one attached hydrogen (secondary N) is 1. The Bertz CT molecular complexity index is 1360. The van der Waals surface area contributed by atoms with Crippen LogP contribution in [0.2, 0.25) is 5.02 Å². The Morgan fingerprint density at radius 1 is 1.24 bits per heavy atom. The van der Waals surface area contributed by atoms with Crippen LogP contribution in [0.1, 0.15) is 36.9 Å². The number of amides is 1. The van der Waals surface area contributed by atoms with Gasteiger partial charge in [0, 0.05) is 17.9 Å². The fourth-order valence-corrected chi connectivity index (χ4v) is 3.96. The molecule has 2 heterocycles. The van der Waals surface area contributed by atoms with Crippen LogP contribution in [0.3, 0.4) is 0 Å². The minimum Gasteiger partial charge on any atom is -0.497 e. The summed E-state index contributed by atoms with van der Waals surface area (Å²) in [4.78, 5) is 40.1. The van der Waals surface area contributed by atoms with Crippen LogP contribution >= 0.6 is 11.6 Å². The maximum atomic E-state index is 12.7. The molecule has 0 aliphatic carbocycles. The average Bonchev–Trinajstić information content (AvgIpc) is 3.23. The van der Waals surface area contributed by atoms with E-state index in [1.807, 2.05) is 12.1 Å². The van der Waals surface area contributed by atoms with Crippen LogP contribution in [0.15, 0.2) is 63.2 Å². The van der Waals surface area contributed by atoms with Gasteiger partial charge in [0.25, 0.3) is 5.56 Å². The van der Waals surface area contributed by atoms with E-state index < -0.39 is 23.2 Å². The molecule has 1 aromatic heterocycles. The number of halogens is 1. The van der Waals surface area contributed by atoms with Crippen molar-refractivity contribution in [2.75, 3.05) is 7.11 Å². The molecule has 1 aliphatic heterocycles. The van der Waals surface area contributed by atoms with Gasteiger partial charge in [0.2, 0.25) is 11.8 Å². The van der Waals surface area contributed by atoms with Gasteiger partial charge in [0.05, 0.1) is 24.6 Å². The number of aromatic nitrogens is 2. The number of benzene rings is 2. The van der Waals surface area contributed by atoms with E-state index in [1.54, 1.807) is 44.4 Å². The number of H-pyrrole nitrogens is 1. The molecule has 1 aliphatic rings. The smallest absolute Gasteiger partial charge is 0.335 e. The second-order valence-corrected chi connectivity index (χ2v) is 7.84. The van der Waals surface area contributed by atoms with Crippen molar-refractivity contribution >= 4 is 23.2 Å². The molecule has 9 nitrogen and oxygen atoms in total. The number of nitrogens with zero attached hydrogens (tertiary/aromatic N) is 3. The molecule has 0 saturated heterocycles. The minimum atomic E-state index is -0.824. The lowest BCUT2D eigenvalue weighted by Crippen LogP contribution is -2.33. The van der Waals surface area contributed by atoms with Gasteiger partial charge in [0.15, 0.2) is 0 Å². The Morgan fingerprint density at radius 3 is 2.61 bits per heavy atom. The van der Waals surface area contributed by atoms with Crippen LogP contribution in [0.25, 0.3) is 5.69 Å². The minimum absolute atomic E-state index is 0.169. The van der Waals surface area contributed by atoms with E-state index in [4.69, 9.17) is 16.3 Å². The van der Waals surface area contributed by atoms with E-state index in [0.717, 1.165) is 10.1 Å². The summed E-state index contributed by atoms with van der Waals surface area (Å²) in [5.41, 5.74) is -0.555. The number of aromatic amines is 1. The van der Waals surface area contributed by atoms with E-state index >= 15 is 0 Å². The summed E-state index contributed by atoms with van der Waals surface area (Å²) in [6.07, 6.45) is 0.371. The molecule has 0 bridgehead atoms. The van der Waals surface area contributed by atoms with Crippen molar-refractivity contribution in [1.29, 1.82) is 0 Å². The van der Waals surface area contributed by atoms with Crippen molar-refractivity contribution in [3.8, 4) is 17.3 Å². The summed E-state index contributed by atoms with van der Waals surface area (Å²) in [6, 6.07) is 13.0. The zero-order chi connectivity index (χ0) is 23.7. The second kappa shape index (κ2) is 8.95. The lowest BCUT2D eigenvalue weighted by molar-refractivity contribution is -0.132. The summed E-state index contributed by atoms with van der Waals surface area (Å²) in [7, 11) is 1.56. The second-order valence-electron chi connectivity index (χ2n) is 7.40. The molecule has 10 heteroatoms. The van der Waals surface area contributed by atoms with Crippen LogP contribution in [0.5, 0.6) is 11.6 Å². The Hall–Kier alpha value is -3.85. The quantitative estimate of drug-likeness (QED) is 0.597. The average molecular weight is 469 g/mol. The largest absolute Gasteiger partial charge is 0.497 e. The third-order valence-electron chi connectivity index (χ3n) is 5.41. The number of ether oxygens (including phenoxy) is 1. The van der Waals surface area contributed by atoms with Crippen molar-refractivity contribution in [1.82, 2.24) is 14.6 Å². The molecule has 2 N–H and O–H groups in total. The lowest BCUT2D eigenvalue weighted by Gasteiger charge is -2.21. The fourth-order valence-electron chi connectivity index (χ4n) is 3.78. The molecule has 170 valence electrons. The van der Waals surface area contributed by atoms with Crippen molar-refractivity contribution in [3.05, 3.63) is 85.5 Å². The zero-order valence-electron chi connectivity index (χ0n) is 17.9. The Kier molecular flexibility index (Phi) is 6.06. The molecule has 0 spiro atoms. The SMILES string of the molecule is CCC(=O)N1N=C(c2c(O)n(-c3cccc(Cl)c3)c(=O)[nH]c2=O)CC1c1ccc(OC)cc1. The Morgan fingerprint density at radius 2 is 1.97 bits per heavy atom. The molecule has 0 fully saturated rings. The first-order valence-corrected chi connectivity index (χ1v) is 10.6. The van der Waals surface area contributed by atoms with Crippen LogP contribution in [-0.4, -0.2) is 38.4 Å². The highest BCUT2D eigenvalue weighted by Gasteiger charge is 2.35. The van der Waals surface area contributed by atoms with Gasteiger partial charge >= 0.3 is 5.69 Å². The molecule has 33 heavy (non-hydrogen) atoms. The summed E-state index contributed by atoms with van der Waals surface area (Å²) in [5.74, 6) is -0.164. The fraction of sp³-hybridized carbons (Fsp3) is 0.217. The van der Waals surface area contributed by atoms with Crippen LogP contribution in [-0.2, 0) is 4.79 Å². The number of carbonyl (C=O) groups excluding carboxylic acids is 1. The van der Waals surface area contributed by atoms with Crippen molar-refractivity contribution < 1.29 is 14.6 Å². The van der Waals surface area contributed by atoms with Gasteiger partial charge in [-0.15, -0.1) is 0 Å². The summed E-state index contributed by atoms with van der Waals surface area (Å²) < 4.78 is 6.14. The van der Waals surface area contributed by atoms with E-state index in [2.05, 4.69) is 10.1 Å². The molecular weight excluding hydrogens is 448 g/mol. The van der Waals surface area contributed by atoms with Gasteiger partial charge in [-0.3, -0.25) is 14.6 Å². The van der Waals surface area contributed by atoms with Gasteiger partial charge in [-0.05, 0) is 35.9 Å². The van der Waals surface area contributed by atoms with Crippen LogP contribution < -0.4 is 16.0 Å². The summed E-state index contributed by atoms with van der Waals surface area (Å²) >= 11 is 6.03. The van der Waals surface area contributed by atoms with Crippen molar-refractivity contribution in [2.45, 2.75) is 25.8 Å². The van der Waals surface area contributed by atoms with Gasteiger partial charge in [-0.1, -0.05) is 36.7 Å². The molecule has 1 atom stereocenters. The zero-order valence-corrected chi connectivity index (χ0v) is 18.7. The molecular formula is C23H21ClN4O5. The van der Waals surface area contributed by atoms with Crippen molar-refractivity contribution in [2.24, 2.45) is 5.10 Å². The number of carbonyl (C=O) groups is 1. The standard InChI is InChI=1S/C23H21ClN4O5/c1-3-19(29)28-18(13-7-9-16(33-2)10-8-13)12-17(26-28)20-21(30)25-23(32)27(22(20)31)15-6-4-5-14(24)11-15/h4-11,18,31H,3,12H2,1-2H3,(H,25,30,32). The predicted molar refractivity (Wildman–Crippen MR) is 123 cm³/mol. The molecule has 3 aromatic rings. The summed E-state index contributed by atoms with van der Waals surface area (Å²) in [5, 5.41) is 17.0. The molecule has 0 saturated carbocycles. The molecule has 2 aromatic carbocycles. The first-order chi connectivity index (χ1) is 15.8. The first kappa shape index (κ1) is 22.3. The van der Waals surface area contributed by atoms with E-state index in [9.17, 15) is 19.5 Å². The number of methoxy groups -OCH3 is 1. The number of rotatable bonds is 5. The van der Waals surface area contributed by atoms with E-state index in [-0.39, 0.29) is 35.7 Å². The highest BCUT2D eigenvalue weighted by atomic mass is 35.5. The predicted octanol–water partition coefficient (Wildman–Crippen LogP) is 2.98. The van der Waals surface area contributed by atoms with Gasteiger partial charge in [-0.25, -0.2) is 14.4 Å². The molecule has 1 amide bonds. The van der Waals surface area contributed by atoms with E-state index in [1.165, 1.54) is 11.1 Å². The molecule has 1 unspecified atom stereocenters.